The molecule has 0 aromatic carbocycles. The van der Waals surface area contributed by atoms with Crippen molar-refractivity contribution >= 4 is 11.7 Å². The molecule has 18 heavy (non-hydrogen) atoms. The first-order valence-corrected chi connectivity index (χ1v) is 5.11. The van der Waals surface area contributed by atoms with Crippen LogP contribution in [0.25, 0.3) is 0 Å². The van der Waals surface area contributed by atoms with E-state index in [1.54, 1.807) is 0 Å². The number of anilines is 1. The van der Waals surface area contributed by atoms with Crippen molar-refractivity contribution < 1.29 is 13.7 Å². The highest BCUT2D eigenvalue weighted by Crippen LogP contribution is 2.09. The fourth-order valence-corrected chi connectivity index (χ4v) is 1.32. The zero-order valence-electron chi connectivity index (χ0n) is 9.26. The first-order valence-electron chi connectivity index (χ1n) is 5.11. The molecule has 0 unspecified atom stereocenters. The number of nitrogens with two attached hydrogens (primary N) is 1. The van der Waals surface area contributed by atoms with Gasteiger partial charge in [0.1, 0.15) is 11.6 Å². The van der Waals surface area contributed by atoms with Gasteiger partial charge < -0.3 is 15.6 Å². The Morgan fingerprint density at radius 3 is 3.06 bits per heavy atom. The second kappa shape index (κ2) is 5.21. The van der Waals surface area contributed by atoms with Crippen molar-refractivity contribution in [2.45, 2.75) is 6.42 Å². The van der Waals surface area contributed by atoms with Crippen molar-refractivity contribution in [1.29, 1.82) is 0 Å². The quantitative estimate of drug-likeness (QED) is 0.801. The topological polar surface area (TPSA) is 107 Å². The molecular formula is C10H10FN5O2. The number of aromatic nitrogens is 3. The lowest BCUT2D eigenvalue weighted by Crippen LogP contribution is -2.27. The van der Waals surface area contributed by atoms with Crippen molar-refractivity contribution in [3.05, 3.63) is 35.9 Å². The minimum absolute atomic E-state index is 0.000490. The highest BCUT2D eigenvalue weighted by Gasteiger charge is 2.11. The van der Waals surface area contributed by atoms with Gasteiger partial charge >= 0.3 is 0 Å². The highest BCUT2D eigenvalue weighted by atomic mass is 19.1. The van der Waals surface area contributed by atoms with E-state index in [9.17, 15) is 9.18 Å². The molecule has 7 nitrogen and oxygen atoms in total. The van der Waals surface area contributed by atoms with Crippen LogP contribution in [0, 0.1) is 5.82 Å². The maximum Gasteiger partial charge on any atom is 0.255 e. The molecule has 3 N–H and O–H groups in total. The summed E-state index contributed by atoms with van der Waals surface area (Å²) in [6.07, 6.45) is 2.60. The van der Waals surface area contributed by atoms with Crippen LogP contribution in [-0.4, -0.2) is 27.6 Å². The predicted molar refractivity (Wildman–Crippen MR) is 58.9 cm³/mol. The van der Waals surface area contributed by atoms with Crippen LogP contribution >= 0.6 is 0 Å². The largest absolute Gasteiger partial charge is 0.383 e. The summed E-state index contributed by atoms with van der Waals surface area (Å²) in [4.78, 5) is 19.0. The summed E-state index contributed by atoms with van der Waals surface area (Å²) in [5, 5.41) is 5.98. The predicted octanol–water partition coefficient (Wildman–Crippen LogP) is 0.158. The van der Waals surface area contributed by atoms with Crippen molar-refractivity contribution in [2.24, 2.45) is 0 Å². The van der Waals surface area contributed by atoms with E-state index in [0.29, 0.717) is 12.3 Å². The molecule has 0 saturated heterocycles. The maximum absolute atomic E-state index is 12.9. The third-order valence-corrected chi connectivity index (χ3v) is 2.16. The highest BCUT2D eigenvalue weighted by molar-refractivity contribution is 5.98. The maximum atomic E-state index is 12.9. The summed E-state index contributed by atoms with van der Waals surface area (Å²) in [6.45, 7) is 0.275. The molecule has 0 saturated carbocycles. The number of nitrogens with one attached hydrogen (secondary N) is 1. The average molecular weight is 251 g/mol. The van der Waals surface area contributed by atoms with Crippen LogP contribution in [-0.2, 0) is 6.42 Å². The Morgan fingerprint density at radius 2 is 2.33 bits per heavy atom. The van der Waals surface area contributed by atoms with Crippen molar-refractivity contribution in [3.8, 4) is 0 Å². The molecule has 94 valence electrons. The van der Waals surface area contributed by atoms with E-state index in [1.165, 1.54) is 6.33 Å². The average Bonchev–Trinajstić information content (AvgIpc) is 2.85. The molecular weight excluding hydrogens is 241 g/mol. The van der Waals surface area contributed by atoms with E-state index >= 15 is 0 Å². The van der Waals surface area contributed by atoms with Crippen LogP contribution in [0.3, 0.4) is 0 Å². The van der Waals surface area contributed by atoms with Gasteiger partial charge in [0, 0.05) is 13.0 Å². The second-order valence-electron chi connectivity index (χ2n) is 3.43. The van der Waals surface area contributed by atoms with Gasteiger partial charge in [-0.1, -0.05) is 5.16 Å². The molecule has 0 spiro atoms. The number of carbonyl (C=O) groups is 1. The van der Waals surface area contributed by atoms with E-state index in [0.717, 1.165) is 12.3 Å². The molecule has 0 bridgehead atoms. The van der Waals surface area contributed by atoms with Gasteiger partial charge in [0.25, 0.3) is 5.91 Å². The van der Waals surface area contributed by atoms with Gasteiger partial charge in [-0.2, -0.15) is 4.98 Å². The van der Waals surface area contributed by atoms with Crippen molar-refractivity contribution in [2.75, 3.05) is 12.3 Å². The normalized spacial score (nSPS) is 10.3. The van der Waals surface area contributed by atoms with E-state index in [-0.39, 0.29) is 17.9 Å². The lowest BCUT2D eigenvalue weighted by Gasteiger charge is -2.05. The van der Waals surface area contributed by atoms with Crippen LogP contribution in [0.15, 0.2) is 23.1 Å². The zero-order chi connectivity index (χ0) is 13.0. The molecule has 2 aromatic rings. The number of hydrogen-bond acceptors (Lipinski definition) is 6. The molecule has 0 aliphatic rings. The summed E-state index contributed by atoms with van der Waals surface area (Å²) in [6, 6.07) is 1.03. The Morgan fingerprint density at radius 1 is 1.50 bits per heavy atom. The molecule has 0 radical (unpaired) electrons. The van der Waals surface area contributed by atoms with Gasteiger partial charge in [0.15, 0.2) is 6.33 Å². The van der Waals surface area contributed by atoms with Gasteiger partial charge in [-0.3, -0.25) is 4.79 Å². The Hall–Kier alpha value is -2.51. The molecule has 8 heteroatoms. The Balaban J connectivity index is 1.93. The summed E-state index contributed by atoms with van der Waals surface area (Å²) < 4.78 is 17.7. The number of rotatable bonds is 4. The van der Waals surface area contributed by atoms with Crippen molar-refractivity contribution in [1.82, 2.24) is 20.4 Å². The molecule has 0 fully saturated rings. The SMILES string of the molecule is Nc1ncc(F)cc1C(=O)NCCc1ncno1. The molecule has 2 aromatic heterocycles. The fourth-order valence-electron chi connectivity index (χ4n) is 1.32. The molecule has 0 aliphatic carbocycles. The lowest BCUT2D eigenvalue weighted by atomic mass is 10.2. The van der Waals surface area contributed by atoms with Gasteiger partial charge in [0.05, 0.1) is 11.8 Å². The van der Waals surface area contributed by atoms with Crippen LogP contribution in [0.4, 0.5) is 10.2 Å². The molecule has 0 aliphatic heterocycles. The number of nitrogens with zero attached hydrogens (tertiary/aromatic N) is 3. The van der Waals surface area contributed by atoms with E-state index in [1.807, 2.05) is 0 Å². The number of pyridine rings is 1. The number of halogens is 1. The van der Waals surface area contributed by atoms with Crippen LogP contribution in [0.1, 0.15) is 16.2 Å². The lowest BCUT2D eigenvalue weighted by molar-refractivity contribution is 0.0953. The van der Waals surface area contributed by atoms with Crippen molar-refractivity contribution in [3.63, 3.8) is 0 Å². The summed E-state index contributed by atoms with van der Waals surface area (Å²) in [7, 11) is 0. The standard InChI is InChI=1S/C10H10FN5O2/c11-6-3-7(9(12)14-4-6)10(17)13-2-1-8-15-5-16-18-8/h3-5H,1-2H2,(H2,12,14)(H,13,17). The number of nitrogen functional groups attached to an aromatic ring is 1. The number of amides is 1. The zero-order valence-corrected chi connectivity index (χ0v) is 9.26. The minimum atomic E-state index is -0.619. The smallest absolute Gasteiger partial charge is 0.255 e. The third-order valence-electron chi connectivity index (χ3n) is 2.16. The minimum Gasteiger partial charge on any atom is -0.383 e. The monoisotopic (exact) mass is 251 g/mol. The van der Waals surface area contributed by atoms with E-state index in [2.05, 4.69) is 20.4 Å². The first-order chi connectivity index (χ1) is 8.66. The van der Waals surface area contributed by atoms with Crippen LogP contribution in [0.5, 0.6) is 0 Å². The summed E-state index contributed by atoms with van der Waals surface area (Å²) in [5.41, 5.74) is 5.48. The van der Waals surface area contributed by atoms with Crippen LogP contribution in [0.2, 0.25) is 0 Å². The Labute approximate surface area is 101 Å². The Bertz CT molecular complexity index is 543. The molecule has 2 rings (SSSR count). The van der Waals surface area contributed by atoms with Gasteiger partial charge in [-0.15, -0.1) is 0 Å². The second-order valence-corrected chi connectivity index (χ2v) is 3.43. The fraction of sp³-hybridized carbons (Fsp3) is 0.200. The molecule has 0 atom stereocenters. The molecule has 2 heterocycles. The Kier molecular flexibility index (Phi) is 3.46. The summed E-state index contributed by atoms with van der Waals surface area (Å²) in [5.74, 6) is -0.738. The van der Waals surface area contributed by atoms with Crippen LogP contribution < -0.4 is 11.1 Å². The third kappa shape index (κ3) is 2.78. The van der Waals surface area contributed by atoms with Gasteiger partial charge in [0.2, 0.25) is 5.89 Å². The summed E-state index contributed by atoms with van der Waals surface area (Å²) >= 11 is 0. The van der Waals surface area contributed by atoms with Gasteiger partial charge in [-0.05, 0) is 6.07 Å². The van der Waals surface area contributed by atoms with E-state index in [4.69, 9.17) is 10.3 Å². The molecule has 1 amide bonds. The van der Waals surface area contributed by atoms with E-state index < -0.39 is 11.7 Å². The van der Waals surface area contributed by atoms with Gasteiger partial charge in [-0.25, -0.2) is 9.37 Å². The number of hydrogen-bond donors (Lipinski definition) is 2. The first kappa shape index (κ1) is 12.0. The number of carbonyl (C=O) groups excluding carboxylic acids is 1.